The van der Waals surface area contributed by atoms with Crippen LogP contribution >= 0.6 is 0 Å². The van der Waals surface area contributed by atoms with E-state index in [0.29, 0.717) is 43.2 Å². The van der Waals surface area contributed by atoms with Crippen LogP contribution in [0, 0.1) is 0 Å². The van der Waals surface area contributed by atoms with Crippen LogP contribution in [0.15, 0.2) is 18.2 Å². The Morgan fingerprint density at radius 2 is 1.80 bits per heavy atom. The van der Waals surface area contributed by atoms with Gasteiger partial charge >= 0.3 is 0 Å². The molecule has 1 unspecified atom stereocenters. The Hall–Kier alpha value is -2.32. The van der Waals surface area contributed by atoms with Crippen LogP contribution in [0.4, 0.5) is 0 Å². The van der Waals surface area contributed by atoms with Crippen molar-refractivity contribution >= 4 is 11.8 Å². The first kappa shape index (κ1) is 28.9. The fraction of sp³-hybridized carbons (Fsp3) is 0.704. The van der Waals surface area contributed by atoms with Crippen molar-refractivity contribution in [1.82, 2.24) is 15.1 Å². The van der Waals surface area contributed by atoms with Crippen molar-refractivity contribution in [3.8, 4) is 11.5 Å². The third-order valence-electron chi connectivity index (χ3n) is 6.54. The molecule has 35 heavy (non-hydrogen) atoms. The fourth-order valence-electron chi connectivity index (χ4n) is 4.75. The highest BCUT2D eigenvalue weighted by Gasteiger charge is 2.32. The van der Waals surface area contributed by atoms with Gasteiger partial charge < -0.3 is 29.3 Å². The van der Waals surface area contributed by atoms with Crippen LogP contribution in [0.5, 0.6) is 11.5 Å². The van der Waals surface area contributed by atoms with E-state index in [1.54, 1.807) is 32.4 Å². The quantitative estimate of drug-likeness (QED) is 0.424. The first-order chi connectivity index (χ1) is 16.7. The van der Waals surface area contributed by atoms with Crippen molar-refractivity contribution < 1.29 is 23.8 Å². The van der Waals surface area contributed by atoms with Gasteiger partial charge in [-0.15, -0.1) is 0 Å². The van der Waals surface area contributed by atoms with E-state index in [9.17, 15) is 9.59 Å². The topological polar surface area (TPSA) is 80.3 Å². The molecule has 198 valence electrons. The molecular weight excluding hydrogens is 446 g/mol. The smallest absolute Gasteiger partial charge is 0.254 e. The van der Waals surface area contributed by atoms with E-state index in [2.05, 4.69) is 5.32 Å². The zero-order chi connectivity index (χ0) is 26.0. The third kappa shape index (κ3) is 8.10. The minimum atomic E-state index is -0.0253. The molecule has 1 saturated heterocycles. The summed E-state index contributed by atoms with van der Waals surface area (Å²) in [5.74, 6) is 1.32. The zero-order valence-electron chi connectivity index (χ0n) is 22.6. The van der Waals surface area contributed by atoms with E-state index in [-0.39, 0.29) is 36.0 Å². The molecule has 0 radical (unpaired) electrons. The highest BCUT2D eigenvalue weighted by Crippen LogP contribution is 2.30. The van der Waals surface area contributed by atoms with E-state index in [1.807, 2.05) is 44.4 Å². The van der Waals surface area contributed by atoms with Crippen molar-refractivity contribution in [2.24, 2.45) is 0 Å². The number of carbonyl (C=O) groups is 2. The Balaban J connectivity index is 2.06. The standard InChI is InChI=1S/C27H45N3O5/c1-8-29(19(2)3)26(31)17-22-11-12-23(18-28-22)30(20(4)5)27(32)21-10-13-24(34-7)25(16-21)35-15-9-14-33-6/h10,13,16,19-20,22-23,28H,8-9,11-12,14-15,17-18H2,1-7H3/t22?,23-/m1/s1. The Morgan fingerprint density at radius 3 is 2.34 bits per heavy atom. The lowest BCUT2D eigenvalue weighted by atomic mass is 9.95. The normalized spacial score (nSPS) is 18.0. The number of nitrogens with zero attached hydrogens (tertiary/aromatic N) is 2. The summed E-state index contributed by atoms with van der Waals surface area (Å²) >= 11 is 0. The second kappa shape index (κ2) is 14.3. The highest BCUT2D eigenvalue weighted by molar-refractivity contribution is 5.95. The lowest BCUT2D eigenvalue weighted by Crippen LogP contribution is -2.54. The Kier molecular flexibility index (Phi) is 11.8. The van der Waals surface area contributed by atoms with Gasteiger partial charge in [0.25, 0.3) is 5.91 Å². The van der Waals surface area contributed by atoms with Gasteiger partial charge in [0.2, 0.25) is 5.91 Å². The molecule has 1 aromatic rings. The van der Waals surface area contributed by atoms with Gasteiger partial charge in [-0.05, 0) is 65.7 Å². The zero-order valence-corrected chi connectivity index (χ0v) is 22.6. The fourth-order valence-corrected chi connectivity index (χ4v) is 4.75. The summed E-state index contributed by atoms with van der Waals surface area (Å²) in [4.78, 5) is 30.2. The molecule has 1 aliphatic rings. The third-order valence-corrected chi connectivity index (χ3v) is 6.54. The number of hydrogen-bond acceptors (Lipinski definition) is 6. The van der Waals surface area contributed by atoms with Crippen molar-refractivity contribution in [1.29, 1.82) is 0 Å². The van der Waals surface area contributed by atoms with Crippen LogP contribution in [0.3, 0.4) is 0 Å². The molecule has 2 amide bonds. The molecule has 1 aromatic carbocycles. The van der Waals surface area contributed by atoms with E-state index < -0.39 is 0 Å². The van der Waals surface area contributed by atoms with Gasteiger partial charge in [-0.1, -0.05) is 0 Å². The second-order valence-corrected chi connectivity index (χ2v) is 9.68. The summed E-state index contributed by atoms with van der Waals surface area (Å²) in [6.07, 6.45) is 2.97. The minimum Gasteiger partial charge on any atom is -0.493 e. The number of amides is 2. The molecular formula is C27H45N3O5. The first-order valence-electron chi connectivity index (χ1n) is 12.9. The monoisotopic (exact) mass is 491 g/mol. The molecule has 1 N–H and O–H groups in total. The van der Waals surface area contributed by atoms with Gasteiger partial charge in [-0.2, -0.15) is 0 Å². The van der Waals surface area contributed by atoms with Crippen molar-refractivity contribution in [2.75, 3.05) is 40.5 Å². The molecule has 1 fully saturated rings. The molecule has 0 aliphatic carbocycles. The molecule has 0 saturated carbocycles. The SMILES string of the molecule is CCN(C(=O)CC1CC[C@@H](N(C(=O)c2ccc(OC)c(OCCCOC)c2)C(C)C)CN1)C(C)C. The van der Waals surface area contributed by atoms with E-state index in [0.717, 1.165) is 25.8 Å². The maximum absolute atomic E-state index is 13.6. The number of ether oxygens (including phenoxy) is 3. The summed E-state index contributed by atoms with van der Waals surface area (Å²) in [6.45, 7) is 12.7. The largest absolute Gasteiger partial charge is 0.493 e. The first-order valence-corrected chi connectivity index (χ1v) is 12.9. The predicted octanol–water partition coefficient (Wildman–Crippen LogP) is 3.73. The maximum atomic E-state index is 13.6. The van der Waals surface area contributed by atoms with E-state index in [1.165, 1.54) is 0 Å². The van der Waals surface area contributed by atoms with Gasteiger partial charge in [0.15, 0.2) is 11.5 Å². The summed E-state index contributed by atoms with van der Waals surface area (Å²) in [7, 11) is 3.25. The predicted molar refractivity (Wildman–Crippen MR) is 138 cm³/mol. The molecule has 0 aromatic heterocycles. The van der Waals surface area contributed by atoms with Gasteiger partial charge in [0, 0.05) is 69.4 Å². The summed E-state index contributed by atoms with van der Waals surface area (Å²) < 4.78 is 16.4. The number of nitrogens with one attached hydrogen (secondary N) is 1. The molecule has 0 spiro atoms. The molecule has 8 nitrogen and oxygen atoms in total. The van der Waals surface area contributed by atoms with Crippen LogP contribution in [-0.2, 0) is 9.53 Å². The number of rotatable bonds is 13. The van der Waals surface area contributed by atoms with Crippen LogP contribution in [0.1, 0.15) is 70.7 Å². The molecule has 0 bridgehead atoms. The van der Waals surface area contributed by atoms with Gasteiger partial charge in [0.05, 0.1) is 13.7 Å². The number of benzene rings is 1. The number of piperidine rings is 1. The van der Waals surface area contributed by atoms with Gasteiger partial charge in [0.1, 0.15) is 0 Å². The van der Waals surface area contributed by atoms with Gasteiger partial charge in [-0.25, -0.2) is 0 Å². The Morgan fingerprint density at radius 1 is 1.06 bits per heavy atom. The summed E-state index contributed by atoms with van der Waals surface area (Å²) in [5, 5.41) is 3.53. The average Bonchev–Trinajstić information content (AvgIpc) is 2.82. The van der Waals surface area contributed by atoms with Crippen LogP contribution in [0.2, 0.25) is 0 Å². The van der Waals surface area contributed by atoms with Crippen molar-refractivity contribution in [3.05, 3.63) is 23.8 Å². The second-order valence-electron chi connectivity index (χ2n) is 9.68. The number of hydrogen-bond donors (Lipinski definition) is 1. The lowest BCUT2D eigenvalue weighted by Gasteiger charge is -2.40. The molecule has 1 heterocycles. The Labute approximate surface area is 211 Å². The molecule has 2 atom stereocenters. The average molecular weight is 492 g/mol. The van der Waals surface area contributed by atoms with Crippen molar-refractivity contribution in [3.63, 3.8) is 0 Å². The Bertz CT molecular complexity index is 806. The van der Waals surface area contributed by atoms with Crippen LogP contribution < -0.4 is 14.8 Å². The number of carbonyl (C=O) groups excluding carboxylic acids is 2. The molecule has 2 rings (SSSR count). The van der Waals surface area contributed by atoms with Crippen LogP contribution in [-0.4, -0.2) is 86.3 Å². The molecule has 8 heteroatoms. The van der Waals surface area contributed by atoms with E-state index in [4.69, 9.17) is 14.2 Å². The summed E-state index contributed by atoms with van der Waals surface area (Å²) in [6, 6.07) is 5.80. The highest BCUT2D eigenvalue weighted by atomic mass is 16.5. The minimum absolute atomic E-state index is 0.0253. The summed E-state index contributed by atoms with van der Waals surface area (Å²) in [5.41, 5.74) is 0.578. The van der Waals surface area contributed by atoms with Crippen LogP contribution in [0.25, 0.3) is 0 Å². The van der Waals surface area contributed by atoms with Gasteiger partial charge in [-0.3, -0.25) is 9.59 Å². The number of methoxy groups -OCH3 is 2. The maximum Gasteiger partial charge on any atom is 0.254 e. The van der Waals surface area contributed by atoms with Crippen molar-refractivity contribution in [2.45, 2.75) is 84.5 Å². The lowest BCUT2D eigenvalue weighted by molar-refractivity contribution is -0.133. The van der Waals surface area contributed by atoms with E-state index >= 15 is 0 Å². The molecule has 1 aliphatic heterocycles.